The number of rotatable bonds is 5. The Labute approximate surface area is 156 Å². The first kappa shape index (κ1) is 18.7. The molecule has 6 nitrogen and oxygen atoms in total. The third-order valence-corrected chi connectivity index (χ3v) is 6.93. The maximum Gasteiger partial charge on any atom is 0.318 e. The van der Waals surface area contributed by atoms with Crippen LogP contribution >= 0.6 is 15.9 Å². The van der Waals surface area contributed by atoms with Gasteiger partial charge >= 0.3 is 12.0 Å². The zero-order valence-electron chi connectivity index (χ0n) is 14.8. The number of nitrogens with two attached hydrogens (primary N) is 1. The van der Waals surface area contributed by atoms with Gasteiger partial charge in [0.2, 0.25) is 0 Å². The molecule has 4 bridgehead atoms. The predicted octanol–water partition coefficient (Wildman–Crippen LogP) is 2.87. The highest BCUT2D eigenvalue weighted by atomic mass is 79.9. The van der Waals surface area contributed by atoms with Crippen molar-refractivity contribution in [2.45, 2.75) is 69.2 Å². The second kappa shape index (κ2) is 6.56. The Hall–Kier alpha value is -1.11. The summed E-state index contributed by atoms with van der Waals surface area (Å²) in [6.45, 7) is 3.55. The molecule has 0 spiro atoms. The van der Waals surface area contributed by atoms with Crippen LogP contribution in [0.25, 0.3) is 0 Å². The Bertz CT molecular complexity index is 578. The lowest BCUT2D eigenvalue weighted by Gasteiger charge is -2.60. The van der Waals surface area contributed by atoms with E-state index in [0.717, 1.165) is 19.3 Å². The van der Waals surface area contributed by atoms with Crippen molar-refractivity contribution in [1.29, 1.82) is 0 Å². The van der Waals surface area contributed by atoms with Gasteiger partial charge in [-0.05, 0) is 61.7 Å². The van der Waals surface area contributed by atoms with Crippen LogP contribution in [0.3, 0.4) is 0 Å². The summed E-state index contributed by atoms with van der Waals surface area (Å²) < 4.78 is 5.65. The van der Waals surface area contributed by atoms with Gasteiger partial charge in [0.05, 0.1) is 6.42 Å². The standard InChI is InChI=1S/C18H27BrN2O4/c1-10(2)14(15(23)21-16(20)24)25-13(22)8-17-4-11-3-12(5-17)7-18(19,6-11)9-17/h10-12,14H,3-9H2,1-2H3,(H3,20,21,23,24)/t11-,12+,14-,17?,18?/m1/s1. The minimum Gasteiger partial charge on any atom is -0.452 e. The number of carbonyl (C=O) groups is 3. The zero-order chi connectivity index (χ0) is 18.4. The molecular formula is C18H27BrN2O4. The molecule has 0 aromatic heterocycles. The van der Waals surface area contributed by atoms with Crippen LogP contribution in [0.15, 0.2) is 0 Å². The summed E-state index contributed by atoms with van der Waals surface area (Å²) in [6.07, 6.45) is 6.19. The minimum absolute atomic E-state index is 0.00758. The molecule has 4 aliphatic carbocycles. The molecule has 2 unspecified atom stereocenters. The van der Waals surface area contributed by atoms with Gasteiger partial charge in [0.15, 0.2) is 6.10 Å². The molecule has 0 radical (unpaired) electrons. The molecule has 3 amide bonds. The summed E-state index contributed by atoms with van der Waals surface area (Å²) >= 11 is 3.94. The summed E-state index contributed by atoms with van der Waals surface area (Å²) in [6, 6.07) is -0.936. The van der Waals surface area contributed by atoms with Gasteiger partial charge in [-0.2, -0.15) is 0 Å². The number of imide groups is 1. The van der Waals surface area contributed by atoms with Crippen LogP contribution in [0, 0.1) is 23.2 Å². The fourth-order valence-electron chi connectivity index (χ4n) is 5.72. The van der Waals surface area contributed by atoms with E-state index in [0.29, 0.717) is 18.3 Å². The Morgan fingerprint density at radius 3 is 2.28 bits per heavy atom. The fraction of sp³-hybridized carbons (Fsp3) is 0.833. The van der Waals surface area contributed by atoms with E-state index >= 15 is 0 Å². The van der Waals surface area contributed by atoms with Crippen molar-refractivity contribution in [2.24, 2.45) is 28.9 Å². The topological polar surface area (TPSA) is 98.5 Å². The molecule has 0 aliphatic heterocycles. The first-order valence-electron chi connectivity index (χ1n) is 9.08. The van der Waals surface area contributed by atoms with Crippen molar-refractivity contribution in [2.75, 3.05) is 0 Å². The molecule has 0 aromatic rings. The molecule has 0 aromatic carbocycles. The van der Waals surface area contributed by atoms with E-state index in [2.05, 4.69) is 15.9 Å². The first-order valence-corrected chi connectivity index (χ1v) is 9.88. The van der Waals surface area contributed by atoms with Crippen molar-refractivity contribution >= 4 is 33.8 Å². The molecule has 5 atom stereocenters. The van der Waals surface area contributed by atoms with E-state index in [1.165, 1.54) is 19.3 Å². The maximum atomic E-state index is 12.6. The smallest absolute Gasteiger partial charge is 0.318 e. The van der Waals surface area contributed by atoms with E-state index in [-0.39, 0.29) is 21.6 Å². The van der Waals surface area contributed by atoms with Crippen molar-refractivity contribution < 1.29 is 19.1 Å². The zero-order valence-corrected chi connectivity index (χ0v) is 16.4. The van der Waals surface area contributed by atoms with Crippen molar-refractivity contribution in [3.63, 3.8) is 0 Å². The fourth-order valence-corrected chi connectivity index (χ4v) is 7.23. The molecule has 7 heteroatoms. The highest BCUT2D eigenvalue weighted by molar-refractivity contribution is 9.10. The largest absolute Gasteiger partial charge is 0.452 e. The van der Waals surface area contributed by atoms with Crippen LogP contribution in [0.2, 0.25) is 0 Å². The van der Waals surface area contributed by atoms with E-state index in [4.69, 9.17) is 10.5 Å². The number of halogens is 1. The molecule has 0 saturated heterocycles. The van der Waals surface area contributed by atoms with Crippen molar-refractivity contribution in [1.82, 2.24) is 5.32 Å². The van der Waals surface area contributed by atoms with Crippen LogP contribution in [-0.2, 0) is 14.3 Å². The van der Waals surface area contributed by atoms with Crippen molar-refractivity contribution in [3.8, 4) is 0 Å². The number of primary amides is 1. The molecule has 4 saturated carbocycles. The summed E-state index contributed by atoms with van der Waals surface area (Å²) in [5, 5.41) is 2.01. The maximum absolute atomic E-state index is 12.6. The van der Waals surface area contributed by atoms with E-state index in [9.17, 15) is 14.4 Å². The summed E-state index contributed by atoms with van der Waals surface area (Å²) in [4.78, 5) is 35.6. The van der Waals surface area contributed by atoms with Gasteiger partial charge in [-0.15, -0.1) is 0 Å². The van der Waals surface area contributed by atoms with Gasteiger partial charge in [0.1, 0.15) is 0 Å². The predicted molar refractivity (Wildman–Crippen MR) is 95.8 cm³/mol. The minimum atomic E-state index is -0.994. The number of hydrogen-bond acceptors (Lipinski definition) is 4. The number of urea groups is 1. The lowest BCUT2D eigenvalue weighted by Crippen LogP contribution is -2.53. The average molecular weight is 415 g/mol. The number of hydrogen-bond donors (Lipinski definition) is 2. The molecule has 4 rings (SSSR count). The summed E-state index contributed by atoms with van der Waals surface area (Å²) in [7, 11) is 0. The average Bonchev–Trinajstić information content (AvgIpc) is 2.40. The molecule has 4 aliphatic rings. The third kappa shape index (κ3) is 4.01. The third-order valence-electron chi connectivity index (χ3n) is 6.00. The number of amides is 3. The quantitative estimate of drug-likeness (QED) is 0.533. The second-order valence-corrected chi connectivity index (χ2v) is 10.5. The first-order chi connectivity index (χ1) is 11.6. The monoisotopic (exact) mass is 414 g/mol. The van der Waals surface area contributed by atoms with Gasteiger partial charge in [0, 0.05) is 4.32 Å². The molecule has 4 fully saturated rings. The van der Waals surface area contributed by atoms with Crippen LogP contribution in [0.1, 0.15) is 58.8 Å². The molecular weight excluding hydrogens is 388 g/mol. The van der Waals surface area contributed by atoms with E-state index in [1.54, 1.807) is 13.8 Å². The highest BCUT2D eigenvalue weighted by Crippen LogP contribution is 2.65. The number of alkyl halides is 1. The van der Waals surface area contributed by atoms with Gasteiger partial charge in [-0.1, -0.05) is 29.8 Å². The summed E-state index contributed by atoms with van der Waals surface area (Å²) in [5.74, 6) is 0.136. The SMILES string of the molecule is CC(C)[C@@H](OC(=O)CC12C[C@@H]3C[C@@H](CC(Br)(C3)C1)C2)C(=O)NC(N)=O. The summed E-state index contributed by atoms with van der Waals surface area (Å²) in [5.41, 5.74) is 4.99. The van der Waals surface area contributed by atoms with Gasteiger partial charge in [0.25, 0.3) is 5.91 Å². The van der Waals surface area contributed by atoms with Gasteiger partial charge in [-0.3, -0.25) is 14.9 Å². The number of esters is 1. The Balaban J connectivity index is 1.65. The Morgan fingerprint density at radius 2 is 1.80 bits per heavy atom. The molecule has 3 N–H and O–H groups in total. The van der Waals surface area contributed by atoms with Gasteiger partial charge in [-0.25, -0.2) is 4.79 Å². The lowest BCUT2D eigenvalue weighted by atomic mass is 9.49. The highest BCUT2D eigenvalue weighted by Gasteiger charge is 2.57. The Morgan fingerprint density at radius 1 is 1.20 bits per heavy atom. The lowest BCUT2D eigenvalue weighted by molar-refractivity contribution is -0.163. The second-order valence-electron chi connectivity index (χ2n) is 8.80. The van der Waals surface area contributed by atoms with Crippen LogP contribution in [0.5, 0.6) is 0 Å². The van der Waals surface area contributed by atoms with Crippen molar-refractivity contribution in [3.05, 3.63) is 0 Å². The van der Waals surface area contributed by atoms with E-state index in [1.807, 2.05) is 5.32 Å². The van der Waals surface area contributed by atoms with Crippen LogP contribution < -0.4 is 11.1 Å². The molecule has 0 heterocycles. The number of ether oxygens (including phenoxy) is 1. The number of carbonyl (C=O) groups excluding carboxylic acids is 3. The van der Waals surface area contributed by atoms with Gasteiger partial charge < -0.3 is 10.5 Å². The number of nitrogens with one attached hydrogen (secondary N) is 1. The van der Waals surface area contributed by atoms with Crippen LogP contribution in [-0.4, -0.2) is 28.3 Å². The normalized spacial score (nSPS) is 37.0. The molecule has 140 valence electrons. The Kier molecular flexibility index (Phi) is 4.90. The molecule has 25 heavy (non-hydrogen) atoms. The van der Waals surface area contributed by atoms with Crippen LogP contribution in [0.4, 0.5) is 4.79 Å². The van der Waals surface area contributed by atoms with E-state index < -0.39 is 18.0 Å².